The average molecular weight is 365 g/mol. The molecular weight excluding hydrogens is 344 g/mol. The van der Waals surface area contributed by atoms with E-state index in [0.717, 1.165) is 43.3 Å². The summed E-state index contributed by atoms with van der Waals surface area (Å²) in [5.41, 5.74) is 1.15. The van der Waals surface area contributed by atoms with Crippen LogP contribution >= 0.6 is 22.9 Å². The molecule has 1 unspecified atom stereocenters. The van der Waals surface area contributed by atoms with E-state index in [1.165, 1.54) is 9.75 Å². The number of aliphatic carboxylic acids is 1. The Labute approximate surface area is 151 Å². The van der Waals surface area contributed by atoms with Crippen LogP contribution in [0.3, 0.4) is 0 Å². The van der Waals surface area contributed by atoms with Crippen molar-refractivity contribution in [2.24, 2.45) is 0 Å². The van der Waals surface area contributed by atoms with Crippen LogP contribution in [-0.2, 0) is 11.3 Å². The number of halogens is 1. The van der Waals surface area contributed by atoms with E-state index < -0.39 is 12.0 Å². The van der Waals surface area contributed by atoms with Crippen LogP contribution in [0.25, 0.3) is 10.4 Å². The molecule has 1 fully saturated rings. The maximum absolute atomic E-state index is 11.1. The largest absolute Gasteiger partial charge is 0.480 e. The highest BCUT2D eigenvalue weighted by Crippen LogP contribution is 2.30. The predicted molar refractivity (Wildman–Crippen MR) is 98.7 cm³/mol. The fourth-order valence-electron chi connectivity index (χ4n) is 2.95. The number of hydrogen-bond donors (Lipinski definition) is 1. The highest BCUT2D eigenvalue weighted by Gasteiger charge is 2.25. The van der Waals surface area contributed by atoms with Gasteiger partial charge in [0.1, 0.15) is 6.04 Å². The molecule has 1 aliphatic rings. The fourth-order valence-corrected chi connectivity index (χ4v) is 4.18. The van der Waals surface area contributed by atoms with Crippen LogP contribution in [-0.4, -0.2) is 53.1 Å². The minimum atomic E-state index is -0.743. The van der Waals surface area contributed by atoms with Crippen LogP contribution in [0.15, 0.2) is 36.4 Å². The van der Waals surface area contributed by atoms with Crippen molar-refractivity contribution in [3.63, 3.8) is 0 Å². The summed E-state index contributed by atoms with van der Waals surface area (Å²) in [4.78, 5) is 18.0. The van der Waals surface area contributed by atoms with E-state index in [2.05, 4.69) is 23.1 Å². The third kappa shape index (κ3) is 4.16. The van der Waals surface area contributed by atoms with Gasteiger partial charge in [0.25, 0.3) is 0 Å². The number of rotatable bonds is 5. The molecule has 1 N–H and O–H groups in total. The molecule has 3 rings (SSSR count). The summed E-state index contributed by atoms with van der Waals surface area (Å²) < 4.78 is 0. The Hall–Kier alpha value is -1.40. The van der Waals surface area contributed by atoms with Gasteiger partial charge in [-0.2, -0.15) is 0 Å². The molecule has 4 nitrogen and oxygen atoms in total. The van der Waals surface area contributed by atoms with Crippen LogP contribution in [0.2, 0.25) is 5.02 Å². The molecule has 0 saturated carbocycles. The Morgan fingerprint density at radius 3 is 2.67 bits per heavy atom. The van der Waals surface area contributed by atoms with E-state index >= 15 is 0 Å². The van der Waals surface area contributed by atoms with E-state index in [1.54, 1.807) is 18.3 Å². The van der Waals surface area contributed by atoms with Gasteiger partial charge in [0.15, 0.2) is 0 Å². The first-order valence-electron chi connectivity index (χ1n) is 8.07. The number of carbonyl (C=O) groups is 1. The summed E-state index contributed by atoms with van der Waals surface area (Å²) in [7, 11) is 0. The summed E-state index contributed by atoms with van der Waals surface area (Å²) in [5.74, 6) is -0.743. The van der Waals surface area contributed by atoms with Gasteiger partial charge in [-0.05, 0) is 36.8 Å². The van der Waals surface area contributed by atoms with Crippen LogP contribution in [0, 0.1) is 0 Å². The summed E-state index contributed by atoms with van der Waals surface area (Å²) in [6.07, 6.45) is 0. The zero-order valence-corrected chi connectivity index (χ0v) is 15.2. The minimum Gasteiger partial charge on any atom is -0.480 e. The van der Waals surface area contributed by atoms with Crippen LogP contribution in [0.4, 0.5) is 0 Å². The lowest BCUT2D eigenvalue weighted by molar-refractivity contribution is -0.143. The second kappa shape index (κ2) is 7.66. The van der Waals surface area contributed by atoms with E-state index in [1.807, 2.05) is 23.1 Å². The smallest absolute Gasteiger partial charge is 0.320 e. The quantitative estimate of drug-likeness (QED) is 0.879. The topological polar surface area (TPSA) is 43.8 Å². The van der Waals surface area contributed by atoms with Gasteiger partial charge in [-0.1, -0.05) is 23.7 Å². The molecule has 0 radical (unpaired) electrons. The van der Waals surface area contributed by atoms with Crippen molar-refractivity contribution in [3.8, 4) is 10.4 Å². The van der Waals surface area contributed by atoms with Gasteiger partial charge in [0.05, 0.1) is 0 Å². The van der Waals surface area contributed by atoms with Crippen molar-refractivity contribution in [2.45, 2.75) is 19.5 Å². The van der Waals surface area contributed by atoms with Gasteiger partial charge in [0, 0.05) is 47.5 Å². The van der Waals surface area contributed by atoms with Crippen LogP contribution < -0.4 is 0 Å². The summed E-state index contributed by atoms with van der Waals surface area (Å²) >= 11 is 7.86. The molecule has 0 bridgehead atoms. The summed E-state index contributed by atoms with van der Waals surface area (Å²) in [6.45, 7) is 6.10. The highest BCUT2D eigenvalue weighted by molar-refractivity contribution is 7.15. The highest BCUT2D eigenvalue weighted by atomic mass is 35.5. The van der Waals surface area contributed by atoms with Crippen molar-refractivity contribution in [2.75, 3.05) is 26.2 Å². The number of piperazine rings is 1. The molecule has 1 aromatic carbocycles. The molecular formula is C18H21ClN2O2S. The minimum absolute atomic E-state index is 0.400. The summed E-state index contributed by atoms with van der Waals surface area (Å²) in [5, 5.41) is 9.86. The molecule has 1 aliphatic heterocycles. The van der Waals surface area contributed by atoms with Gasteiger partial charge < -0.3 is 5.11 Å². The molecule has 1 atom stereocenters. The molecule has 6 heteroatoms. The Morgan fingerprint density at radius 1 is 1.25 bits per heavy atom. The Kier molecular flexibility index (Phi) is 5.56. The first-order valence-corrected chi connectivity index (χ1v) is 9.26. The normalized spacial score (nSPS) is 17.8. The van der Waals surface area contributed by atoms with Crippen molar-refractivity contribution in [3.05, 3.63) is 46.3 Å². The molecule has 1 saturated heterocycles. The lowest BCUT2D eigenvalue weighted by Gasteiger charge is -2.36. The SMILES string of the molecule is CC(C(=O)O)N1CCN(Cc2ccc(-c3cccc(Cl)c3)s2)CC1. The number of carboxylic acid groups (broad SMARTS) is 1. The molecule has 1 aromatic heterocycles. The summed E-state index contributed by atoms with van der Waals surface area (Å²) in [6, 6.07) is 11.8. The van der Waals surface area contributed by atoms with Crippen LogP contribution in [0.1, 0.15) is 11.8 Å². The maximum atomic E-state index is 11.1. The fraction of sp³-hybridized carbons (Fsp3) is 0.389. The van der Waals surface area contributed by atoms with Crippen molar-refractivity contribution >= 4 is 28.9 Å². The van der Waals surface area contributed by atoms with Crippen molar-refractivity contribution in [1.29, 1.82) is 0 Å². The Bertz CT molecular complexity index is 711. The lowest BCUT2D eigenvalue weighted by atomic mass is 10.2. The van der Waals surface area contributed by atoms with Gasteiger partial charge >= 0.3 is 5.97 Å². The first-order chi connectivity index (χ1) is 11.5. The molecule has 24 heavy (non-hydrogen) atoms. The van der Waals surface area contributed by atoms with Gasteiger partial charge in [-0.15, -0.1) is 11.3 Å². The van der Waals surface area contributed by atoms with Gasteiger partial charge in [-0.3, -0.25) is 14.6 Å². The maximum Gasteiger partial charge on any atom is 0.320 e. The molecule has 0 aliphatic carbocycles. The van der Waals surface area contributed by atoms with Crippen molar-refractivity contribution < 1.29 is 9.90 Å². The van der Waals surface area contributed by atoms with Gasteiger partial charge in [-0.25, -0.2) is 0 Å². The molecule has 0 amide bonds. The standard InChI is InChI=1S/C18H21ClN2O2S/c1-13(18(22)23)21-9-7-20(8-10-21)12-16-5-6-17(24-16)14-3-2-4-15(19)11-14/h2-6,11,13H,7-10,12H2,1H3,(H,22,23). The molecule has 2 heterocycles. The molecule has 0 spiro atoms. The zero-order valence-electron chi connectivity index (χ0n) is 13.6. The van der Waals surface area contributed by atoms with E-state index in [9.17, 15) is 4.79 Å². The second-order valence-corrected chi connectivity index (χ2v) is 7.71. The number of nitrogens with zero attached hydrogens (tertiary/aromatic N) is 2. The lowest BCUT2D eigenvalue weighted by Crippen LogP contribution is -2.51. The third-order valence-corrected chi connectivity index (χ3v) is 5.82. The second-order valence-electron chi connectivity index (χ2n) is 6.10. The first kappa shape index (κ1) is 17.4. The molecule has 2 aromatic rings. The Morgan fingerprint density at radius 2 is 2.00 bits per heavy atom. The zero-order chi connectivity index (χ0) is 17.1. The Balaban J connectivity index is 1.57. The number of carboxylic acids is 1. The number of benzene rings is 1. The average Bonchev–Trinajstić information content (AvgIpc) is 3.03. The third-order valence-electron chi connectivity index (χ3n) is 4.46. The van der Waals surface area contributed by atoms with Gasteiger partial charge in [0.2, 0.25) is 0 Å². The predicted octanol–water partition coefficient (Wildman–Crippen LogP) is 3.66. The van der Waals surface area contributed by atoms with E-state index in [0.29, 0.717) is 0 Å². The monoisotopic (exact) mass is 364 g/mol. The number of thiophene rings is 1. The number of hydrogen-bond acceptors (Lipinski definition) is 4. The van der Waals surface area contributed by atoms with Crippen molar-refractivity contribution in [1.82, 2.24) is 9.80 Å². The van der Waals surface area contributed by atoms with Crippen LogP contribution in [0.5, 0.6) is 0 Å². The molecule has 128 valence electrons. The van der Waals surface area contributed by atoms with E-state index in [4.69, 9.17) is 16.7 Å². The van der Waals surface area contributed by atoms with E-state index in [-0.39, 0.29) is 0 Å².